The normalized spacial score (nSPS) is 14.4. The molecule has 4 aromatic carbocycles. The van der Waals surface area contributed by atoms with Crippen molar-refractivity contribution >= 4 is 64.1 Å². The fourth-order valence-corrected chi connectivity index (χ4v) is 7.39. The molecule has 65 heavy (non-hydrogen) atoms. The molecule has 19 heteroatoms. The van der Waals surface area contributed by atoms with E-state index in [9.17, 15) is 41.5 Å². The maximum absolute atomic E-state index is 14.9. The smallest absolute Gasteiger partial charge is 0.324 e. The molecule has 0 radical (unpaired) electrons. The van der Waals surface area contributed by atoms with E-state index in [1.807, 2.05) is 0 Å². The fraction of sp³-hybridized carbons (Fsp3) is 0.370. The van der Waals surface area contributed by atoms with Crippen LogP contribution in [0.3, 0.4) is 0 Å². The Morgan fingerprint density at radius 3 is 1.34 bits per heavy atom. The van der Waals surface area contributed by atoms with Crippen LogP contribution in [0.2, 0.25) is 10.0 Å². The fourth-order valence-electron chi connectivity index (χ4n) is 7.14. The summed E-state index contributed by atoms with van der Waals surface area (Å²) in [5, 5.41) is 2.84. The lowest BCUT2D eigenvalue weighted by Gasteiger charge is -2.37. The van der Waals surface area contributed by atoms with Gasteiger partial charge in [-0.05, 0) is 73.8 Å². The molecule has 6 rings (SSSR count). The van der Waals surface area contributed by atoms with Gasteiger partial charge < -0.3 is 30.7 Å². The molecular formula is C46H52Cl2F4N8O5. The molecule has 2 aliphatic rings. The number of carbonyl (C=O) groups is 5. The Kier molecular flexibility index (Phi) is 18.7. The van der Waals surface area contributed by atoms with E-state index < -0.39 is 36.3 Å². The van der Waals surface area contributed by atoms with Gasteiger partial charge in [0.1, 0.15) is 11.6 Å². The van der Waals surface area contributed by atoms with Crippen LogP contribution in [-0.2, 0) is 17.9 Å². The van der Waals surface area contributed by atoms with E-state index in [0.29, 0.717) is 53.2 Å². The van der Waals surface area contributed by atoms with Gasteiger partial charge in [-0.2, -0.15) is 8.78 Å². The number of amides is 5. The topological polar surface area (TPSA) is 143 Å². The van der Waals surface area contributed by atoms with Crippen molar-refractivity contribution in [3.63, 3.8) is 0 Å². The molecule has 0 aromatic heterocycles. The Labute approximate surface area is 385 Å². The van der Waals surface area contributed by atoms with Crippen LogP contribution in [0.5, 0.6) is 0 Å². The average molecular weight is 944 g/mol. The number of nitrogens with one attached hydrogen (secondary N) is 1. The summed E-state index contributed by atoms with van der Waals surface area (Å²) in [5.41, 5.74) is 7.14. The van der Waals surface area contributed by atoms with Crippen molar-refractivity contribution in [2.24, 2.45) is 5.73 Å². The maximum Gasteiger partial charge on any atom is 0.324 e. The van der Waals surface area contributed by atoms with Crippen molar-refractivity contribution in [2.45, 2.75) is 33.4 Å². The highest BCUT2D eigenvalue weighted by atomic mass is 35.5. The molecule has 2 heterocycles. The quantitative estimate of drug-likeness (QED) is 0.100. The van der Waals surface area contributed by atoms with Crippen molar-refractivity contribution in [3.05, 3.63) is 129 Å². The van der Waals surface area contributed by atoms with Crippen LogP contribution in [0.1, 0.15) is 45.7 Å². The van der Waals surface area contributed by atoms with Crippen LogP contribution in [-0.4, -0.2) is 134 Å². The second kappa shape index (κ2) is 24.1. The summed E-state index contributed by atoms with van der Waals surface area (Å²) >= 11 is 12.0. The number of benzene rings is 4. The first-order chi connectivity index (χ1) is 31.1. The number of carbonyl (C=O) groups excluding carboxylic acids is 5. The summed E-state index contributed by atoms with van der Waals surface area (Å²) in [6, 6.07) is 20.9. The first-order valence-electron chi connectivity index (χ1n) is 21.1. The number of nitrogens with two attached hydrogens (primary N) is 1. The zero-order valence-electron chi connectivity index (χ0n) is 36.1. The van der Waals surface area contributed by atoms with E-state index in [4.69, 9.17) is 28.9 Å². The third-order valence-corrected chi connectivity index (χ3v) is 11.6. The largest absolute Gasteiger partial charge is 0.344 e. The standard InChI is InChI=1S/C24H26ClF3N4O3.C22H26ClFN4O2/c1-2-30-9-11-31(12-10-30)24(35)32(19-7-5-18(25)6-8-19)15-17-4-3-16(13-20(17)26)21(33)14-29-23(34)22(27)28;1-2-26-9-11-27(12-10-26)22(30)28(19-7-5-18(23)6-8-19)15-17-4-3-16(13-20(17)24)21(29)14-25/h3-8,13,22H,2,9-12,14-15H2,1H3,(H,29,34);3-8,13H,2,9-12,14-15,25H2,1H3. The van der Waals surface area contributed by atoms with E-state index in [1.54, 1.807) is 68.5 Å². The first-order valence-corrected chi connectivity index (χ1v) is 21.9. The van der Waals surface area contributed by atoms with E-state index in [-0.39, 0.29) is 54.2 Å². The highest BCUT2D eigenvalue weighted by Gasteiger charge is 2.29. The molecular weight excluding hydrogens is 891 g/mol. The lowest BCUT2D eigenvalue weighted by atomic mass is 10.1. The molecule has 3 N–H and O–H groups in total. The van der Waals surface area contributed by atoms with Crippen LogP contribution in [0, 0.1) is 11.6 Å². The number of nitrogens with zero attached hydrogens (tertiary/aromatic N) is 6. The molecule has 2 saturated heterocycles. The van der Waals surface area contributed by atoms with Crippen LogP contribution in [0.25, 0.3) is 0 Å². The van der Waals surface area contributed by atoms with Crippen LogP contribution in [0.4, 0.5) is 38.5 Å². The van der Waals surface area contributed by atoms with Gasteiger partial charge in [-0.25, -0.2) is 18.4 Å². The number of urea groups is 2. The summed E-state index contributed by atoms with van der Waals surface area (Å²) < 4.78 is 54.2. The molecule has 0 saturated carbocycles. The lowest BCUT2D eigenvalue weighted by Crippen LogP contribution is -2.52. The van der Waals surface area contributed by atoms with Crippen molar-refractivity contribution in [1.82, 2.24) is 24.9 Å². The van der Waals surface area contributed by atoms with Gasteiger partial charge in [0.15, 0.2) is 11.6 Å². The summed E-state index contributed by atoms with van der Waals surface area (Å²) in [4.78, 5) is 72.6. The molecule has 13 nitrogen and oxygen atoms in total. The van der Waals surface area contributed by atoms with Gasteiger partial charge in [0.25, 0.3) is 5.91 Å². The first kappa shape index (κ1) is 50.4. The van der Waals surface area contributed by atoms with Gasteiger partial charge >= 0.3 is 18.5 Å². The lowest BCUT2D eigenvalue weighted by molar-refractivity contribution is -0.131. The number of rotatable bonds is 14. The molecule has 2 fully saturated rings. The number of hydrogen-bond donors (Lipinski definition) is 2. The van der Waals surface area contributed by atoms with Crippen LogP contribution in [0.15, 0.2) is 84.9 Å². The molecule has 0 bridgehead atoms. The zero-order chi connectivity index (χ0) is 47.2. The number of Topliss-reactive ketones (excluding diaryl/α,β-unsaturated/α-hetero) is 2. The van der Waals surface area contributed by atoms with E-state index in [1.165, 1.54) is 35.2 Å². The molecule has 2 aliphatic heterocycles. The van der Waals surface area contributed by atoms with E-state index in [0.717, 1.165) is 45.3 Å². The number of alkyl halides is 2. The molecule has 0 spiro atoms. The summed E-state index contributed by atoms with van der Waals surface area (Å²) in [7, 11) is 0. The van der Waals surface area contributed by atoms with Gasteiger partial charge in [-0.15, -0.1) is 0 Å². The Bertz CT molecular complexity index is 2280. The number of piperazine rings is 2. The predicted molar refractivity (Wildman–Crippen MR) is 243 cm³/mol. The minimum Gasteiger partial charge on any atom is -0.344 e. The number of likely N-dealkylation sites (N-methyl/N-ethyl adjacent to an activating group) is 2. The maximum atomic E-state index is 14.9. The Hall–Kier alpha value is -5.59. The van der Waals surface area contributed by atoms with Gasteiger partial charge in [0.2, 0.25) is 0 Å². The summed E-state index contributed by atoms with van der Waals surface area (Å²) in [6.45, 7) is 10.5. The van der Waals surface area contributed by atoms with Crippen molar-refractivity contribution < 1.29 is 41.5 Å². The SMILES string of the molecule is CCN1CCN(C(=O)N(Cc2ccc(C(=O)CN)cc2F)c2ccc(Cl)cc2)CC1.CCN1CCN(C(=O)N(Cc2ccc(C(=O)CNC(=O)C(F)F)cc2F)c2ccc(Cl)cc2)CC1. The predicted octanol–water partition coefficient (Wildman–Crippen LogP) is 7.19. The summed E-state index contributed by atoms with van der Waals surface area (Å²) in [6.07, 6.45) is -3.25. The zero-order valence-corrected chi connectivity index (χ0v) is 37.6. The average Bonchev–Trinajstić information content (AvgIpc) is 3.32. The molecule has 5 amide bonds. The minimum atomic E-state index is -3.25. The number of anilines is 2. The van der Waals surface area contributed by atoms with Crippen molar-refractivity contribution in [1.29, 1.82) is 0 Å². The molecule has 0 aliphatic carbocycles. The molecule has 348 valence electrons. The van der Waals surface area contributed by atoms with Gasteiger partial charge in [0, 0.05) is 96.0 Å². The van der Waals surface area contributed by atoms with E-state index >= 15 is 0 Å². The third kappa shape index (κ3) is 14.0. The van der Waals surface area contributed by atoms with Crippen LogP contribution >= 0.6 is 23.2 Å². The number of hydrogen-bond acceptors (Lipinski definition) is 8. The third-order valence-electron chi connectivity index (χ3n) is 11.1. The molecule has 0 atom stereocenters. The Morgan fingerprint density at radius 1 is 0.615 bits per heavy atom. The Balaban J connectivity index is 0.000000247. The molecule has 0 unspecified atom stereocenters. The number of halogens is 6. The van der Waals surface area contributed by atoms with Crippen molar-refractivity contribution in [3.8, 4) is 0 Å². The van der Waals surface area contributed by atoms with E-state index in [2.05, 4.69) is 23.6 Å². The van der Waals surface area contributed by atoms with Gasteiger partial charge in [-0.3, -0.25) is 24.2 Å². The van der Waals surface area contributed by atoms with Crippen LogP contribution < -0.4 is 20.9 Å². The van der Waals surface area contributed by atoms with Gasteiger partial charge in [0.05, 0.1) is 26.2 Å². The second-order valence-electron chi connectivity index (χ2n) is 15.2. The molecule has 4 aromatic rings. The van der Waals surface area contributed by atoms with Gasteiger partial charge in [-0.1, -0.05) is 61.3 Å². The highest BCUT2D eigenvalue weighted by Crippen LogP contribution is 2.26. The monoisotopic (exact) mass is 942 g/mol. The summed E-state index contributed by atoms with van der Waals surface area (Å²) in [5.74, 6) is -3.91. The number of ketones is 2. The Morgan fingerprint density at radius 2 is 1.00 bits per heavy atom. The highest BCUT2D eigenvalue weighted by molar-refractivity contribution is 6.31. The second-order valence-corrected chi connectivity index (χ2v) is 16.1. The minimum absolute atomic E-state index is 0.0391. The van der Waals surface area contributed by atoms with Crippen molar-refractivity contribution in [2.75, 3.05) is 88.3 Å².